The summed E-state index contributed by atoms with van der Waals surface area (Å²) in [5, 5.41) is 18.8. The molecule has 22 heavy (non-hydrogen) atoms. The number of aromatic nitrogens is 3. The van der Waals surface area contributed by atoms with Crippen LogP contribution in [0.25, 0.3) is 0 Å². The van der Waals surface area contributed by atoms with E-state index in [2.05, 4.69) is 26.6 Å². The van der Waals surface area contributed by atoms with Crippen LogP contribution in [0, 0.1) is 18.3 Å². The average Bonchev–Trinajstić information content (AvgIpc) is 3.03. The lowest BCUT2D eigenvalue weighted by Crippen LogP contribution is -2.13. The lowest BCUT2D eigenvalue weighted by Gasteiger charge is -2.14. The predicted octanol–water partition coefficient (Wildman–Crippen LogP) is 3.34. The Kier molecular flexibility index (Phi) is 4.88. The Hall–Kier alpha value is -1.85. The number of H-pyrrole nitrogens is 1. The Balaban J connectivity index is 2.09. The zero-order valence-electron chi connectivity index (χ0n) is 12.9. The summed E-state index contributed by atoms with van der Waals surface area (Å²) < 4.78 is 0.939. The summed E-state index contributed by atoms with van der Waals surface area (Å²) in [6.45, 7) is 8.00. The van der Waals surface area contributed by atoms with Crippen LogP contribution in [0.2, 0.25) is 0 Å². The number of nitrogens with one attached hydrogen (secondary N) is 2. The molecule has 2 rings (SSSR count). The second-order valence-corrected chi connectivity index (χ2v) is 7.95. The first-order valence-corrected chi connectivity index (χ1v) is 8.46. The lowest BCUT2D eigenvalue weighted by atomic mass is 9.92. The van der Waals surface area contributed by atoms with Gasteiger partial charge < -0.3 is 0 Å². The van der Waals surface area contributed by atoms with Gasteiger partial charge in [-0.2, -0.15) is 10.4 Å². The first-order chi connectivity index (χ1) is 10.3. The number of aromatic amines is 1. The van der Waals surface area contributed by atoms with E-state index >= 15 is 0 Å². The van der Waals surface area contributed by atoms with Crippen molar-refractivity contribution in [1.29, 1.82) is 5.26 Å². The molecule has 0 unspecified atom stereocenters. The van der Waals surface area contributed by atoms with Gasteiger partial charge in [0.1, 0.15) is 0 Å². The number of anilines is 1. The molecule has 0 fully saturated rings. The summed E-state index contributed by atoms with van der Waals surface area (Å²) in [7, 11) is 0. The number of aryl methyl sites for hydroxylation is 1. The fourth-order valence-corrected chi connectivity index (χ4v) is 3.45. The summed E-state index contributed by atoms with van der Waals surface area (Å²) >= 11 is 2.79. The lowest BCUT2D eigenvalue weighted by molar-refractivity contribution is 0.102. The Labute approximate surface area is 137 Å². The van der Waals surface area contributed by atoms with E-state index in [4.69, 9.17) is 5.26 Å². The smallest absolute Gasteiger partial charge is 0.277 e. The number of thioether (sulfide) groups is 1. The fraction of sp³-hybridized carbons (Fsp3) is 0.429. The third-order valence-corrected chi connectivity index (χ3v) is 5.16. The largest absolute Gasteiger partial charge is 0.296 e. The van der Waals surface area contributed by atoms with Crippen molar-refractivity contribution in [3.63, 3.8) is 0 Å². The molecule has 0 spiro atoms. The summed E-state index contributed by atoms with van der Waals surface area (Å²) in [4.78, 5) is 16.5. The molecule has 0 aliphatic carbocycles. The van der Waals surface area contributed by atoms with Crippen LogP contribution in [0.15, 0.2) is 10.3 Å². The van der Waals surface area contributed by atoms with Gasteiger partial charge >= 0.3 is 0 Å². The van der Waals surface area contributed by atoms with Crippen molar-refractivity contribution < 1.29 is 4.79 Å². The highest BCUT2D eigenvalue weighted by molar-refractivity contribution is 8.01. The number of thiazole rings is 1. The molecule has 0 aromatic carbocycles. The van der Waals surface area contributed by atoms with Crippen LogP contribution in [-0.4, -0.2) is 26.8 Å². The van der Waals surface area contributed by atoms with Gasteiger partial charge in [0, 0.05) is 11.1 Å². The van der Waals surface area contributed by atoms with Crippen LogP contribution < -0.4 is 5.32 Å². The molecule has 2 aromatic rings. The number of nitrogens with zero attached hydrogens (tertiary/aromatic N) is 3. The summed E-state index contributed by atoms with van der Waals surface area (Å²) in [6.07, 6.45) is 0. The van der Waals surface area contributed by atoms with Crippen LogP contribution in [0.5, 0.6) is 0 Å². The third-order valence-electron chi connectivity index (χ3n) is 2.86. The zero-order valence-corrected chi connectivity index (χ0v) is 14.5. The quantitative estimate of drug-likeness (QED) is 0.836. The molecule has 2 aromatic heterocycles. The maximum atomic E-state index is 12.2. The van der Waals surface area contributed by atoms with E-state index in [9.17, 15) is 4.79 Å². The highest BCUT2D eigenvalue weighted by Crippen LogP contribution is 2.32. The molecular formula is C14H17N5OS2. The van der Waals surface area contributed by atoms with E-state index in [1.54, 1.807) is 6.07 Å². The molecule has 2 heterocycles. The molecular weight excluding hydrogens is 318 g/mol. The van der Waals surface area contributed by atoms with E-state index in [1.165, 1.54) is 23.1 Å². The van der Waals surface area contributed by atoms with Gasteiger partial charge in [-0.15, -0.1) is 0 Å². The second-order valence-electron chi connectivity index (χ2n) is 5.71. The normalized spacial score (nSPS) is 11.2. The highest BCUT2D eigenvalue weighted by atomic mass is 32.2. The number of rotatable bonds is 4. The van der Waals surface area contributed by atoms with Crippen LogP contribution in [-0.2, 0) is 5.41 Å². The summed E-state index contributed by atoms with van der Waals surface area (Å²) in [5.74, 6) is 0.0717. The Morgan fingerprint density at radius 2 is 2.27 bits per heavy atom. The fourth-order valence-electron chi connectivity index (χ4n) is 1.65. The van der Waals surface area contributed by atoms with Crippen molar-refractivity contribution in [1.82, 2.24) is 15.2 Å². The zero-order chi connectivity index (χ0) is 16.3. The molecule has 0 atom stereocenters. The Bertz CT molecular complexity index is 720. The highest BCUT2D eigenvalue weighted by Gasteiger charge is 2.20. The molecule has 0 bridgehead atoms. The van der Waals surface area contributed by atoms with E-state index in [1.807, 2.05) is 27.7 Å². The standard InChI is InChI=1S/C14H17N5OS2/c1-8-12(21-6-5-15)22-13(16-8)17-11(20)9-7-10(19-18-9)14(2,3)4/h7H,6H2,1-4H3,(H,18,19)(H,16,17,20). The van der Waals surface area contributed by atoms with Crippen molar-refractivity contribution in [3.05, 3.63) is 23.1 Å². The minimum absolute atomic E-state index is 0.0929. The van der Waals surface area contributed by atoms with Crippen molar-refractivity contribution in [3.8, 4) is 6.07 Å². The van der Waals surface area contributed by atoms with Crippen molar-refractivity contribution >= 4 is 34.1 Å². The van der Waals surface area contributed by atoms with Crippen LogP contribution in [0.4, 0.5) is 5.13 Å². The molecule has 0 saturated heterocycles. The SMILES string of the molecule is Cc1nc(NC(=O)c2cc(C(C)(C)C)[nH]n2)sc1SCC#N. The molecule has 0 saturated carbocycles. The van der Waals surface area contributed by atoms with Crippen LogP contribution in [0.3, 0.4) is 0 Å². The van der Waals surface area contributed by atoms with Gasteiger partial charge in [0.15, 0.2) is 10.8 Å². The number of hydrogen-bond acceptors (Lipinski definition) is 6. The molecule has 0 aliphatic rings. The van der Waals surface area contributed by atoms with Crippen molar-refractivity contribution in [2.24, 2.45) is 0 Å². The van der Waals surface area contributed by atoms with Crippen molar-refractivity contribution in [2.45, 2.75) is 37.3 Å². The maximum absolute atomic E-state index is 12.2. The Morgan fingerprint density at radius 3 is 2.86 bits per heavy atom. The number of hydrogen-bond donors (Lipinski definition) is 2. The summed E-state index contributed by atoms with van der Waals surface area (Å²) in [5.41, 5.74) is 1.96. The molecule has 1 amide bonds. The number of amides is 1. The van der Waals surface area contributed by atoms with E-state index in [0.717, 1.165) is 15.6 Å². The molecule has 6 nitrogen and oxygen atoms in total. The first kappa shape index (κ1) is 16.5. The molecule has 2 N–H and O–H groups in total. The molecule has 0 radical (unpaired) electrons. The predicted molar refractivity (Wildman–Crippen MR) is 88.4 cm³/mol. The van der Waals surface area contributed by atoms with Gasteiger partial charge in [-0.1, -0.05) is 43.9 Å². The minimum Gasteiger partial charge on any atom is -0.296 e. The van der Waals surface area contributed by atoms with E-state index < -0.39 is 0 Å². The third kappa shape index (κ3) is 3.87. The number of carbonyl (C=O) groups is 1. The molecule has 116 valence electrons. The average molecular weight is 335 g/mol. The van der Waals surface area contributed by atoms with E-state index in [0.29, 0.717) is 16.6 Å². The van der Waals surface area contributed by atoms with Crippen LogP contribution in [0.1, 0.15) is 42.6 Å². The van der Waals surface area contributed by atoms with Gasteiger partial charge in [0.2, 0.25) is 0 Å². The summed E-state index contributed by atoms with van der Waals surface area (Å²) in [6, 6.07) is 3.83. The minimum atomic E-state index is -0.294. The van der Waals surface area contributed by atoms with Crippen LogP contribution >= 0.6 is 23.1 Å². The topological polar surface area (TPSA) is 94.5 Å². The monoisotopic (exact) mass is 335 g/mol. The van der Waals surface area contributed by atoms with Gasteiger partial charge in [-0.25, -0.2) is 4.98 Å². The number of nitriles is 1. The number of carbonyl (C=O) groups excluding carboxylic acids is 1. The maximum Gasteiger partial charge on any atom is 0.277 e. The van der Waals surface area contributed by atoms with Gasteiger partial charge in [-0.05, 0) is 13.0 Å². The van der Waals surface area contributed by atoms with Crippen molar-refractivity contribution in [2.75, 3.05) is 11.1 Å². The molecule has 0 aliphatic heterocycles. The molecule has 8 heteroatoms. The van der Waals surface area contributed by atoms with Gasteiger partial charge in [0.05, 0.1) is 21.7 Å². The van der Waals surface area contributed by atoms with Gasteiger partial charge in [-0.3, -0.25) is 15.2 Å². The second kappa shape index (κ2) is 6.50. The van der Waals surface area contributed by atoms with E-state index in [-0.39, 0.29) is 11.3 Å². The van der Waals surface area contributed by atoms with Gasteiger partial charge in [0.25, 0.3) is 5.91 Å². The first-order valence-electron chi connectivity index (χ1n) is 6.65. The Morgan fingerprint density at radius 1 is 1.55 bits per heavy atom.